The van der Waals surface area contributed by atoms with Gasteiger partial charge in [0.25, 0.3) is 0 Å². The molecule has 0 amide bonds. The SMILES string of the molecule is OC(Cc1ccccc1)c1ccc2c(c1)CN(C1Cc3ccccc3C1)CCO2. The molecule has 5 rings (SSSR count). The molecule has 1 aliphatic heterocycles. The minimum atomic E-state index is -0.505. The largest absolute Gasteiger partial charge is 0.492 e. The van der Waals surface area contributed by atoms with Gasteiger partial charge in [-0.25, -0.2) is 0 Å². The molecule has 0 spiro atoms. The van der Waals surface area contributed by atoms with Crippen LogP contribution in [0.1, 0.15) is 33.9 Å². The maximum absolute atomic E-state index is 10.8. The molecule has 1 N–H and O–H groups in total. The van der Waals surface area contributed by atoms with E-state index in [1.807, 2.05) is 30.3 Å². The Bertz CT molecular complexity index is 960. The predicted octanol–water partition coefficient (Wildman–Crippen LogP) is 4.32. The molecule has 148 valence electrons. The van der Waals surface area contributed by atoms with E-state index in [1.54, 1.807) is 0 Å². The molecule has 1 atom stereocenters. The van der Waals surface area contributed by atoms with Gasteiger partial charge in [-0.05, 0) is 47.2 Å². The molecule has 1 aliphatic carbocycles. The minimum absolute atomic E-state index is 0.505. The Kier molecular flexibility index (Phi) is 5.09. The maximum atomic E-state index is 10.8. The smallest absolute Gasteiger partial charge is 0.123 e. The predicted molar refractivity (Wildman–Crippen MR) is 115 cm³/mol. The van der Waals surface area contributed by atoms with E-state index >= 15 is 0 Å². The summed E-state index contributed by atoms with van der Waals surface area (Å²) in [5.41, 5.74) is 6.26. The second-order valence-electron chi connectivity index (χ2n) is 8.22. The van der Waals surface area contributed by atoms with Crippen molar-refractivity contribution in [3.63, 3.8) is 0 Å². The highest BCUT2D eigenvalue weighted by Crippen LogP contribution is 2.32. The number of aliphatic hydroxyl groups is 1. The van der Waals surface area contributed by atoms with Crippen molar-refractivity contribution >= 4 is 0 Å². The van der Waals surface area contributed by atoms with Crippen molar-refractivity contribution in [2.75, 3.05) is 13.2 Å². The lowest BCUT2D eigenvalue weighted by Gasteiger charge is -2.26. The van der Waals surface area contributed by atoms with Crippen molar-refractivity contribution in [2.45, 2.75) is 38.0 Å². The van der Waals surface area contributed by atoms with Crippen LogP contribution in [0.3, 0.4) is 0 Å². The zero-order valence-corrected chi connectivity index (χ0v) is 16.6. The zero-order chi connectivity index (χ0) is 19.6. The molecule has 1 heterocycles. The third kappa shape index (κ3) is 3.93. The number of aliphatic hydroxyl groups excluding tert-OH is 1. The summed E-state index contributed by atoms with van der Waals surface area (Å²) in [6.45, 7) is 2.53. The van der Waals surface area contributed by atoms with Crippen molar-refractivity contribution in [1.29, 1.82) is 0 Å². The standard InChI is InChI=1S/C26H27NO2/c28-25(14-19-6-2-1-3-7-19)22-10-11-26-23(15-22)18-27(12-13-29-26)24-16-20-8-4-5-9-21(20)17-24/h1-11,15,24-25,28H,12-14,16-18H2. The van der Waals surface area contributed by atoms with E-state index in [0.717, 1.165) is 42.8 Å². The fourth-order valence-corrected chi connectivity index (χ4v) is 4.70. The summed E-state index contributed by atoms with van der Waals surface area (Å²) >= 11 is 0. The molecule has 0 saturated carbocycles. The van der Waals surface area contributed by atoms with E-state index in [1.165, 1.54) is 16.7 Å². The van der Waals surface area contributed by atoms with E-state index < -0.39 is 6.10 Å². The molecular weight excluding hydrogens is 358 g/mol. The van der Waals surface area contributed by atoms with Crippen molar-refractivity contribution < 1.29 is 9.84 Å². The molecule has 29 heavy (non-hydrogen) atoms. The topological polar surface area (TPSA) is 32.7 Å². The van der Waals surface area contributed by atoms with Crippen LogP contribution in [0.15, 0.2) is 72.8 Å². The summed E-state index contributed by atoms with van der Waals surface area (Å²) in [6, 6.07) is 25.7. The quantitative estimate of drug-likeness (QED) is 0.726. The van der Waals surface area contributed by atoms with Crippen molar-refractivity contribution in [3.05, 3.63) is 101 Å². The number of benzene rings is 3. The lowest BCUT2D eigenvalue weighted by Crippen LogP contribution is -2.37. The first kappa shape index (κ1) is 18.4. The second kappa shape index (κ2) is 8.02. The van der Waals surface area contributed by atoms with E-state index in [2.05, 4.69) is 47.4 Å². The van der Waals surface area contributed by atoms with Gasteiger partial charge in [0, 0.05) is 31.1 Å². The minimum Gasteiger partial charge on any atom is -0.492 e. The molecule has 1 unspecified atom stereocenters. The monoisotopic (exact) mass is 385 g/mol. The number of hydrogen-bond acceptors (Lipinski definition) is 3. The zero-order valence-electron chi connectivity index (χ0n) is 16.6. The van der Waals surface area contributed by atoms with Gasteiger partial charge in [-0.1, -0.05) is 60.7 Å². The van der Waals surface area contributed by atoms with Crippen LogP contribution < -0.4 is 4.74 Å². The Labute approximate surface area is 172 Å². The van der Waals surface area contributed by atoms with Gasteiger partial charge in [-0.15, -0.1) is 0 Å². The Balaban J connectivity index is 1.34. The van der Waals surface area contributed by atoms with Gasteiger partial charge in [-0.2, -0.15) is 0 Å². The van der Waals surface area contributed by atoms with Crippen molar-refractivity contribution in [1.82, 2.24) is 4.90 Å². The summed E-state index contributed by atoms with van der Waals surface area (Å²) < 4.78 is 6.05. The first-order chi connectivity index (χ1) is 14.3. The van der Waals surface area contributed by atoms with E-state index in [-0.39, 0.29) is 0 Å². The van der Waals surface area contributed by atoms with Gasteiger partial charge < -0.3 is 9.84 Å². The van der Waals surface area contributed by atoms with Crippen LogP contribution >= 0.6 is 0 Å². The number of rotatable bonds is 4. The lowest BCUT2D eigenvalue weighted by molar-refractivity contribution is 0.172. The molecule has 2 aliphatic rings. The highest BCUT2D eigenvalue weighted by molar-refractivity contribution is 5.40. The van der Waals surface area contributed by atoms with E-state index in [0.29, 0.717) is 19.1 Å². The van der Waals surface area contributed by atoms with E-state index in [9.17, 15) is 5.11 Å². The average molecular weight is 386 g/mol. The molecule has 3 aromatic carbocycles. The third-order valence-corrected chi connectivity index (χ3v) is 6.30. The Morgan fingerprint density at radius 2 is 1.62 bits per heavy atom. The number of nitrogens with zero attached hydrogens (tertiary/aromatic N) is 1. The second-order valence-corrected chi connectivity index (χ2v) is 8.22. The molecule has 3 heteroatoms. The van der Waals surface area contributed by atoms with Gasteiger partial charge in [0.15, 0.2) is 0 Å². The molecule has 3 aromatic rings. The normalized spacial score (nSPS) is 17.8. The van der Waals surface area contributed by atoms with Crippen LogP contribution in [0, 0.1) is 0 Å². The van der Waals surface area contributed by atoms with Crippen LogP contribution in [0.2, 0.25) is 0 Å². The number of fused-ring (bicyclic) bond motifs is 2. The van der Waals surface area contributed by atoms with Crippen LogP contribution in [0.4, 0.5) is 0 Å². The van der Waals surface area contributed by atoms with Crippen molar-refractivity contribution in [3.8, 4) is 5.75 Å². The molecule has 0 bridgehead atoms. The molecular formula is C26H27NO2. The molecule has 0 aromatic heterocycles. The first-order valence-electron chi connectivity index (χ1n) is 10.5. The summed E-state index contributed by atoms with van der Waals surface area (Å²) in [5.74, 6) is 0.957. The molecule has 0 fully saturated rings. The van der Waals surface area contributed by atoms with Crippen LogP contribution in [-0.2, 0) is 25.8 Å². The van der Waals surface area contributed by atoms with Crippen LogP contribution in [0.25, 0.3) is 0 Å². The van der Waals surface area contributed by atoms with Gasteiger partial charge in [-0.3, -0.25) is 4.90 Å². The van der Waals surface area contributed by atoms with Gasteiger partial charge >= 0.3 is 0 Å². The van der Waals surface area contributed by atoms with Gasteiger partial charge in [0.1, 0.15) is 12.4 Å². The molecule has 0 saturated heterocycles. The summed E-state index contributed by atoms with van der Waals surface area (Å²) in [6.07, 6.45) is 2.35. The van der Waals surface area contributed by atoms with Gasteiger partial charge in [0.05, 0.1) is 6.10 Å². The Hall–Kier alpha value is -2.62. The first-order valence-corrected chi connectivity index (χ1v) is 10.5. The third-order valence-electron chi connectivity index (χ3n) is 6.30. The summed E-state index contributed by atoms with van der Waals surface area (Å²) in [4.78, 5) is 2.55. The average Bonchev–Trinajstić information content (AvgIpc) is 3.07. The van der Waals surface area contributed by atoms with Gasteiger partial charge in [0.2, 0.25) is 0 Å². The number of hydrogen-bond donors (Lipinski definition) is 1. The highest BCUT2D eigenvalue weighted by Gasteiger charge is 2.28. The lowest BCUT2D eigenvalue weighted by atomic mass is 9.99. The highest BCUT2D eigenvalue weighted by atomic mass is 16.5. The Morgan fingerprint density at radius 1 is 0.897 bits per heavy atom. The maximum Gasteiger partial charge on any atom is 0.123 e. The number of ether oxygens (including phenoxy) is 1. The Morgan fingerprint density at radius 3 is 2.38 bits per heavy atom. The molecule has 3 nitrogen and oxygen atoms in total. The fraction of sp³-hybridized carbons (Fsp3) is 0.308. The fourth-order valence-electron chi connectivity index (χ4n) is 4.70. The van der Waals surface area contributed by atoms with Crippen molar-refractivity contribution in [2.24, 2.45) is 0 Å². The summed E-state index contributed by atoms with van der Waals surface area (Å²) in [7, 11) is 0. The van der Waals surface area contributed by atoms with E-state index in [4.69, 9.17) is 4.74 Å². The van der Waals surface area contributed by atoms with Crippen LogP contribution in [0.5, 0.6) is 5.75 Å². The molecule has 0 radical (unpaired) electrons. The van der Waals surface area contributed by atoms with Crippen LogP contribution in [-0.4, -0.2) is 29.2 Å². The summed E-state index contributed by atoms with van der Waals surface area (Å²) in [5, 5.41) is 10.8.